The lowest BCUT2D eigenvalue weighted by Gasteiger charge is -2.28. The van der Waals surface area contributed by atoms with E-state index in [0.29, 0.717) is 12.1 Å². The predicted molar refractivity (Wildman–Crippen MR) is 119 cm³/mol. The molecule has 7 atom stereocenters. The highest BCUT2D eigenvalue weighted by Gasteiger charge is 2.67. The molecule has 3 fully saturated rings. The lowest BCUT2D eigenvalue weighted by atomic mass is 9.81. The highest BCUT2D eigenvalue weighted by Crippen LogP contribution is 2.60. The Kier molecular flexibility index (Phi) is 5.66. The molecule has 1 saturated heterocycles. The quantitative estimate of drug-likeness (QED) is 0.464. The van der Waals surface area contributed by atoms with Crippen molar-refractivity contribution in [2.75, 3.05) is 5.32 Å². The van der Waals surface area contributed by atoms with Gasteiger partial charge in [0.25, 0.3) is 0 Å². The number of likely N-dealkylation sites (tertiary alicyclic amines) is 1. The zero-order chi connectivity index (χ0) is 21.0. The Morgan fingerprint density at radius 3 is 2.24 bits per heavy atom. The molecule has 0 aromatic heterocycles. The second-order valence-electron chi connectivity index (χ2n) is 9.05. The summed E-state index contributed by atoms with van der Waals surface area (Å²) in [4.78, 5) is 41.6. The average molecular weight is 526 g/mol. The molecule has 1 aliphatic heterocycles. The third kappa shape index (κ3) is 3.48. The van der Waals surface area contributed by atoms with Gasteiger partial charge in [-0.2, -0.15) is 0 Å². The molecular weight excluding hydrogens is 500 g/mol. The monoisotopic (exact) mass is 524 g/mol. The van der Waals surface area contributed by atoms with E-state index in [1.54, 1.807) is 0 Å². The Morgan fingerprint density at radius 2 is 1.72 bits per heavy atom. The van der Waals surface area contributed by atoms with Crippen molar-refractivity contribution in [1.82, 2.24) is 4.90 Å². The van der Waals surface area contributed by atoms with Crippen LogP contribution in [-0.4, -0.2) is 38.3 Å². The zero-order valence-electron chi connectivity index (χ0n) is 16.8. The number of carbonyl (C=O) groups is 3. The van der Waals surface area contributed by atoms with Gasteiger partial charge in [-0.1, -0.05) is 57.8 Å². The molecule has 3 amide bonds. The number of halogens is 2. The van der Waals surface area contributed by atoms with Crippen LogP contribution in [0, 0.1) is 36.5 Å². The number of imide groups is 1. The van der Waals surface area contributed by atoms with E-state index in [1.165, 1.54) is 4.90 Å². The first-order valence-electron chi connectivity index (χ1n) is 10.2. The maximum atomic E-state index is 13.4. The van der Waals surface area contributed by atoms with Gasteiger partial charge in [0.05, 0.1) is 11.8 Å². The van der Waals surface area contributed by atoms with Crippen molar-refractivity contribution in [3.8, 4) is 0 Å². The van der Waals surface area contributed by atoms with Crippen LogP contribution < -0.4 is 5.32 Å². The minimum atomic E-state index is -0.775. The molecule has 2 bridgehead atoms. The summed E-state index contributed by atoms with van der Waals surface area (Å²) in [5.41, 5.74) is 1.72. The van der Waals surface area contributed by atoms with E-state index in [9.17, 15) is 14.4 Å². The van der Waals surface area contributed by atoms with Crippen LogP contribution in [0.5, 0.6) is 0 Å². The Hall–Kier alpha value is -1.21. The fourth-order valence-electron chi connectivity index (χ4n) is 5.40. The highest BCUT2D eigenvalue weighted by atomic mass is 79.9. The van der Waals surface area contributed by atoms with E-state index in [1.807, 2.05) is 45.0 Å². The smallest absolute Gasteiger partial charge is 0.247 e. The Balaban J connectivity index is 1.61. The number of carbonyl (C=O) groups excluding carboxylic acids is 3. The maximum Gasteiger partial charge on any atom is 0.247 e. The van der Waals surface area contributed by atoms with E-state index in [4.69, 9.17) is 0 Å². The second-order valence-corrected chi connectivity index (χ2v) is 11.2. The number of nitrogens with one attached hydrogen (secondary N) is 1. The molecule has 29 heavy (non-hydrogen) atoms. The van der Waals surface area contributed by atoms with Crippen LogP contribution in [0.3, 0.4) is 0 Å². The molecule has 156 valence electrons. The minimum Gasteiger partial charge on any atom is -0.324 e. The lowest BCUT2D eigenvalue weighted by Crippen LogP contribution is -2.49. The molecule has 1 aromatic rings. The summed E-state index contributed by atoms with van der Waals surface area (Å²) in [7, 11) is 0. The standard InChI is InChI=1S/C22H26Br2N2O3/c1-10(2)7-15(20(27)25-12-6-4-5-11(3)8-12)26-21(28)16-13-9-14(17(16)22(26)29)19(24)18(13)23/h4-6,8,10,13-19H,7,9H2,1-3H3,(H,25,27)/t13-,14-,15-,16-,17+,18-,19+/m0/s1. The molecule has 1 N–H and O–H groups in total. The van der Waals surface area contributed by atoms with E-state index >= 15 is 0 Å². The minimum absolute atomic E-state index is 0.148. The fourth-order valence-corrected chi connectivity index (χ4v) is 7.28. The normalized spacial score (nSPS) is 34.1. The average Bonchev–Trinajstić information content (AvgIpc) is 3.25. The molecule has 2 aliphatic carbocycles. The van der Waals surface area contributed by atoms with E-state index < -0.39 is 6.04 Å². The Labute approximate surface area is 188 Å². The van der Waals surface area contributed by atoms with Crippen LogP contribution in [0.25, 0.3) is 0 Å². The van der Waals surface area contributed by atoms with Gasteiger partial charge in [-0.3, -0.25) is 19.3 Å². The summed E-state index contributed by atoms with van der Waals surface area (Å²) in [6, 6.07) is 6.77. The number of amides is 3. The number of hydrogen-bond acceptors (Lipinski definition) is 3. The van der Waals surface area contributed by atoms with Gasteiger partial charge in [-0.05, 0) is 55.2 Å². The van der Waals surface area contributed by atoms with Gasteiger partial charge in [-0.15, -0.1) is 0 Å². The first kappa shape index (κ1) is 21.0. The van der Waals surface area contributed by atoms with Gasteiger partial charge < -0.3 is 5.32 Å². The van der Waals surface area contributed by atoms with Crippen molar-refractivity contribution >= 4 is 55.3 Å². The summed E-state index contributed by atoms with van der Waals surface area (Å²) >= 11 is 7.43. The van der Waals surface area contributed by atoms with Crippen LogP contribution in [-0.2, 0) is 14.4 Å². The Morgan fingerprint density at radius 1 is 1.14 bits per heavy atom. The molecule has 1 aromatic carbocycles. The SMILES string of the molecule is Cc1cccc(NC(=O)[C@H](CC(C)C)N2C(=O)[C@@H]3[C@@H]4C[C@H]([C@H](Br)[C@@H]4Br)[C@@H]3C2=O)c1. The molecular formula is C22H26Br2N2O3. The van der Waals surface area contributed by atoms with Crippen LogP contribution in [0.4, 0.5) is 5.69 Å². The molecule has 0 radical (unpaired) electrons. The molecule has 2 saturated carbocycles. The third-order valence-electron chi connectivity index (χ3n) is 6.62. The van der Waals surface area contributed by atoms with E-state index in [0.717, 1.165) is 12.0 Å². The maximum absolute atomic E-state index is 13.4. The molecule has 7 heteroatoms. The number of anilines is 1. The van der Waals surface area contributed by atoms with Gasteiger partial charge >= 0.3 is 0 Å². The number of alkyl halides is 2. The molecule has 3 aliphatic rings. The highest BCUT2D eigenvalue weighted by molar-refractivity contribution is 9.12. The van der Waals surface area contributed by atoms with Gasteiger partial charge in [0.15, 0.2) is 0 Å². The summed E-state index contributed by atoms with van der Waals surface area (Å²) in [6.45, 7) is 5.97. The van der Waals surface area contributed by atoms with E-state index in [-0.39, 0.29) is 57.0 Å². The van der Waals surface area contributed by atoms with E-state index in [2.05, 4.69) is 37.2 Å². The summed E-state index contributed by atoms with van der Waals surface area (Å²) in [6.07, 6.45) is 1.34. The van der Waals surface area contributed by atoms with Crippen molar-refractivity contribution in [3.63, 3.8) is 0 Å². The van der Waals surface area contributed by atoms with Gasteiger partial charge in [0.1, 0.15) is 6.04 Å². The lowest BCUT2D eigenvalue weighted by molar-refractivity contribution is -0.147. The van der Waals surface area contributed by atoms with Crippen molar-refractivity contribution in [2.24, 2.45) is 29.6 Å². The molecule has 4 rings (SSSR count). The first-order chi connectivity index (χ1) is 13.7. The Bertz CT molecular complexity index is 826. The van der Waals surface area contributed by atoms with Crippen molar-refractivity contribution in [2.45, 2.75) is 49.3 Å². The molecule has 0 unspecified atom stereocenters. The first-order valence-corrected chi connectivity index (χ1v) is 12.1. The van der Waals surface area contributed by atoms with Crippen LogP contribution in [0.15, 0.2) is 24.3 Å². The van der Waals surface area contributed by atoms with Crippen LogP contribution in [0.1, 0.15) is 32.3 Å². The number of aryl methyl sites for hydroxylation is 1. The molecule has 0 spiro atoms. The van der Waals surface area contributed by atoms with Gasteiger partial charge in [-0.25, -0.2) is 0 Å². The number of rotatable bonds is 5. The largest absolute Gasteiger partial charge is 0.324 e. The topological polar surface area (TPSA) is 66.5 Å². The summed E-state index contributed by atoms with van der Waals surface area (Å²) in [5.74, 6) is -0.745. The number of benzene rings is 1. The number of hydrogen-bond donors (Lipinski definition) is 1. The second kappa shape index (κ2) is 7.80. The van der Waals surface area contributed by atoms with Crippen LogP contribution in [0.2, 0.25) is 0 Å². The third-order valence-corrected chi connectivity index (χ3v) is 9.82. The summed E-state index contributed by atoms with van der Waals surface area (Å²) in [5, 5.41) is 2.92. The van der Waals surface area contributed by atoms with Crippen molar-refractivity contribution < 1.29 is 14.4 Å². The molecule has 1 heterocycles. The summed E-state index contributed by atoms with van der Waals surface area (Å²) < 4.78 is 0. The van der Waals surface area contributed by atoms with Gasteiger partial charge in [0, 0.05) is 15.3 Å². The van der Waals surface area contributed by atoms with Crippen molar-refractivity contribution in [1.29, 1.82) is 0 Å². The van der Waals surface area contributed by atoms with Crippen LogP contribution >= 0.6 is 31.9 Å². The predicted octanol–water partition coefficient (Wildman–Crippen LogP) is 4.13. The number of fused-ring (bicyclic) bond motifs is 5. The van der Waals surface area contributed by atoms with Crippen molar-refractivity contribution in [3.05, 3.63) is 29.8 Å². The fraction of sp³-hybridized carbons (Fsp3) is 0.591. The number of nitrogens with zero attached hydrogens (tertiary/aromatic N) is 1. The van der Waals surface area contributed by atoms with Gasteiger partial charge in [0.2, 0.25) is 17.7 Å². The molecule has 5 nitrogen and oxygen atoms in total. The zero-order valence-corrected chi connectivity index (χ0v) is 19.9.